The molecular weight excluding hydrogens is 364 g/mol. The van der Waals surface area contributed by atoms with Gasteiger partial charge in [-0.15, -0.1) is 11.3 Å². The van der Waals surface area contributed by atoms with Crippen LogP contribution in [0.5, 0.6) is 0 Å². The van der Waals surface area contributed by atoms with Crippen LogP contribution in [0.3, 0.4) is 0 Å². The molecule has 4 rings (SSSR count). The zero-order valence-corrected chi connectivity index (χ0v) is 16.4. The summed E-state index contributed by atoms with van der Waals surface area (Å²) < 4.78 is 5.40. The summed E-state index contributed by atoms with van der Waals surface area (Å²) in [5, 5.41) is 19.2. The summed E-state index contributed by atoms with van der Waals surface area (Å²) in [6.07, 6.45) is 1.08. The minimum absolute atomic E-state index is 0.0187. The molecule has 2 atom stereocenters. The zero-order valence-electron chi connectivity index (χ0n) is 15.6. The van der Waals surface area contributed by atoms with Crippen LogP contribution in [0.25, 0.3) is 0 Å². The lowest BCUT2D eigenvalue weighted by Crippen LogP contribution is -2.36. The van der Waals surface area contributed by atoms with Crippen LogP contribution in [0.2, 0.25) is 0 Å². The molecule has 4 heterocycles. The van der Waals surface area contributed by atoms with Crippen LogP contribution in [0.15, 0.2) is 28.7 Å². The van der Waals surface area contributed by atoms with Gasteiger partial charge in [0.15, 0.2) is 0 Å². The number of nitrogens with zero attached hydrogens (tertiary/aromatic N) is 2. The molecule has 6 nitrogen and oxygen atoms in total. The fourth-order valence-corrected chi connectivity index (χ4v) is 5.58. The molecule has 2 aromatic heterocycles. The Balaban J connectivity index is 1.38. The fraction of sp³-hybridized carbons (Fsp3) is 0.550. The first-order valence-electron chi connectivity index (χ1n) is 9.46. The summed E-state index contributed by atoms with van der Waals surface area (Å²) in [5.41, 5.74) is -0.0902. The molecule has 146 valence electrons. The summed E-state index contributed by atoms with van der Waals surface area (Å²) in [6.45, 7) is 7.55. The number of likely N-dealkylation sites (tertiary alicyclic amines) is 2. The number of hydrogen-bond donors (Lipinski definition) is 2. The van der Waals surface area contributed by atoms with E-state index < -0.39 is 5.97 Å². The Bertz CT molecular complexity index is 817. The highest BCUT2D eigenvalue weighted by atomic mass is 32.1. The van der Waals surface area contributed by atoms with Gasteiger partial charge >= 0.3 is 5.97 Å². The van der Waals surface area contributed by atoms with Crippen LogP contribution in [0.1, 0.15) is 33.0 Å². The average Bonchev–Trinajstić information content (AvgIpc) is 3.38. The number of aryl methyl sites for hydroxylation is 1. The molecule has 0 saturated carbocycles. The highest BCUT2D eigenvalue weighted by Gasteiger charge is 2.51. The second-order valence-corrected chi connectivity index (χ2v) is 9.10. The Labute approximate surface area is 163 Å². The van der Waals surface area contributed by atoms with Crippen LogP contribution < -0.4 is 0 Å². The number of aliphatic hydroxyl groups is 1. The molecule has 0 radical (unpaired) electrons. The lowest BCUT2D eigenvalue weighted by atomic mass is 9.82. The normalized spacial score (nSPS) is 25.9. The van der Waals surface area contributed by atoms with E-state index in [2.05, 4.69) is 28.9 Å². The number of aromatic carboxylic acids is 1. The van der Waals surface area contributed by atoms with E-state index in [-0.39, 0.29) is 17.8 Å². The maximum atomic E-state index is 11.0. The second-order valence-electron chi connectivity index (χ2n) is 7.85. The van der Waals surface area contributed by atoms with Gasteiger partial charge in [0.2, 0.25) is 5.76 Å². The highest BCUT2D eigenvalue weighted by Crippen LogP contribution is 2.43. The molecular formula is C20H26N2O4S. The number of hydrogen-bond acceptors (Lipinski definition) is 6. The fourth-order valence-electron chi connectivity index (χ4n) is 4.58. The predicted octanol–water partition coefficient (Wildman–Crippen LogP) is 2.53. The van der Waals surface area contributed by atoms with Gasteiger partial charge in [-0.05, 0) is 36.6 Å². The largest absolute Gasteiger partial charge is 0.475 e. The number of rotatable bonds is 7. The molecule has 2 aliphatic rings. The van der Waals surface area contributed by atoms with Crippen molar-refractivity contribution >= 4 is 17.3 Å². The zero-order chi connectivity index (χ0) is 19.0. The van der Waals surface area contributed by atoms with Crippen LogP contribution in [-0.4, -0.2) is 58.8 Å². The molecule has 2 saturated heterocycles. The average molecular weight is 391 g/mol. The van der Waals surface area contributed by atoms with Crippen molar-refractivity contribution in [2.45, 2.75) is 26.4 Å². The lowest BCUT2D eigenvalue weighted by molar-refractivity contribution is 0.0658. The molecule has 7 heteroatoms. The SMILES string of the molecule is CCc1ccc(CN2CC3CN(Cc4ccc(C(=O)O)o4)CC3(CO)C2)s1. The van der Waals surface area contributed by atoms with Crippen molar-refractivity contribution in [3.8, 4) is 0 Å². The van der Waals surface area contributed by atoms with E-state index in [0.717, 1.165) is 39.1 Å². The first kappa shape index (κ1) is 18.7. The molecule has 0 bridgehead atoms. The van der Waals surface area contributed by atoms with Crippen molar-refractivity contribution in [3.05, 3.63) is 45.5 Å². The maximum Gasteiger partial charge on any atom is 0.371 e. The smallest absolute Gasteiger partial charge is 0.371 e. The number of carboxylic acids is 1. The van der Waals surface area contributed by atoms with Gasteiger partial charge in [-0.2, -0.15) is 0 Å². The molecule has 2 aliphatic heterocycles. The van der Waals surface area contributed by atoms with Crippen molar-refractivity contribution in [1.82, 2.24) is 9.80 Å². The summed E-state index contributed by atoms with van der Waals surface area (Å²) in [4.78, 5) is 18.5. The van der Waals surface area contributed by atoms with E-state index in [9.17, 15) is 9.90 Å². The third-order valence-electron chi connectivity index (χ3n) is 5.91. The maximum absolute atomic E-state index is 11.0. The Morgan fingerprint density at radius 3 is 2.44 bits per heavy atom. The molecule has 27 heavy (non-hydrogen) atoms. The van der Waals surface area contributed by atoms with Crippen molar-refractivity contribution < 1.29 is 19.4 Å². The van der Waals surface area contributed by atoms with E-state index >= 15 is 0 Å². The number of fused-ring (bicyclic) bond motifs is 1. The monoisotopic (exact) mass is 390 g/mol. The van der Waals surface area contributed by atoms with Crippen LogP contribution in [0, 0.1) is 11.3 Å². The van der Waals surface area contributed by atoms with Crippen molar-refractivity contribution in [2.75, 3.05) is 32.8 Å². The topological polar surface area (TPSA) is 77.2 Å². The van der Waals surface area contributed by atoms with E-state index in [1.807, 2.05) is 11.3 Å². The van der Waals surface area contributed by atoms with E-state index in [0.29, 0.717) is 18.2 Å². The predicted molar refractivity (Wildman–Crippen MR) is 103 cm³/mol. The summed E-state index contributed by atoms with van der Waals surface area (Å²) >= 11 is 1.89. The quantitative estimate of drug-likeness (QED) is 0.757. The second kappa shape index (κ2) is 7.39. The third kappa shape index (κ3) is 3.69. The summed E-state index contributed by atoms with van der Waals surface area (Å²) in [5.74, 6) is 0.0432. The van der Waals surface area contributed by atoms with Gasteiger partial charge in [0, 0.05) is 47.9 Å². The van der Waals surface area contributed by atoms with Crippen molar-refractivity contribution in [2.24, 2.45) is 11.3 Å². The standard InChI is InChI=1S/C20H26N2O4S/c1-2-16-4-5-17(27-16)10-22-8-14-7-21(11-20(14,12-22)13-23)9-15-3-6-18(26-15)19(24)25/h3-6,14,23H,2,7-13H2,1H3,(H,24,25). The molecule has 2 N–H and O–H groups in total. The van der Waals surface area contributed by atoms with Gasteiger partial charge in [-0.25, -0.2) is 4.79 Å². The van der Waals surface area contributed by atoms with Gasteiger partial charge in [-0.3, -0.25) is 9.80 Å². The molecule has 2 aromatic rings. The first-order chi connectivity index (χ1) is 13.0. The summed E-state index contributed by atoms with van der Waals surface area (Å²) in [6, 6.07) is 7.68. The van der Waals surface area contributed by atoms with E-state index in [1.165, 1.54) is 15.8 Å². The van der Waals surface area contributed by atoms with Gasteiger partial charge in [0.1, 0.15) is 5.76 Å². The number of furan rings is 1. The molecule has 2 fully saturated rings. The van der Waals surface area contributed by atoms with Crippen LogP contribution in [-0.2, 0) is 19.5 Å². The van der Waals surface area contributed by atoms with E-state index in [1.54, 1.807) is 6.07 Å². The number of aliphatic hydroxyl groups excluding tert-OH is 1. The van der Waals surface area contributed by atoms with E-state index in [4.69, 9.17) is 9.52 Å². The van der Waals surface area contributed by atoms with Crippen LogP contribution >= 0.6 is 11.3 Å². The highest BCUT2D eigenvalue weighted by molar-refractivity contribution is 7.11. The Kier molecular flexibility index (Phi) is 5.11. The number of carbonyl (C=O) groups is 1. The van der Waals surface area contributed by atoms with Gasteiger partial charge in [0.25, 0.3) is 0 Å². The Morgan fingerprint density at radius 2 is 1.89 bits per heavy atom. The van der Waals surface area contributed by atoms with Crippen molar-refractivity contribution in [1.29, 1.82) is 0 Å². The Hall–Kier alpha value is -1.67. The minimum Gasteiger partial charge on any atom is -0.475 e. The molecule has 0 amide bonds. The molecule has 0 aromatic carbocycles. The number of thiophene rings is 1. The minimum atomic E-state index is -1.04. The third-order valence-corrected chi connectivity index (χ3v) is 7.13. The number of carboxylic acid groups (broad SMARTS) is 1. The van der Waals surface area contributed by atoms with Gasteiger partial charge in [-0.1, -0.05) is 6.92 Å². The van der Waals surface area contributed by atoms with Gasteiger partial charge < -0.3 is 14.6 Å². The van der Waals surface area contributed by atoms with Gasteiger partial charge in [0.05, 0.1) is 13.2 Å². The van der Waals surface area contributed by atoms with Crippen LogP contribution in [0.4, 0.5) is 0 Å². The summed E-state index contributed by atoms with van der Waals surface area (Å²) in [7, 11) is 0. The molecule has 2 unspecified atom stereocenters. The van der Waals surface area contributed by atoms with Crippen molar-refractivity contribution in [3.63, 3.8) is 0 Å². The lowest BCUT2D eigenvalue weighted by Gasteiger charge is -2.27. The Morgan fingerprint density at radius 1 is 1.19 bits per heavy atom. The first-order valence-corrected chi connectivity index (χ1v) is 10.3. The molecule has 0 spiro atoms. The molecule has 0 aliphatic carbocycles.